The number of benzene rings is 1. The SMILES string of the molecule is C=C(C(=O)OCC)c1ccc(C(=O)OC(C)(C)C)cc1. The van der Waals surface area contributed by atoms with Gasteiger partial charge in [-0.25, -0.2) is 9.59 Å². The van der Waals surface area contributed by atoms with Gasteiger partial charge in [0.1, 0.15) is 5.60 Å². The third-order valence-corrected chi connectivity index (χ3v) is 2.39. The molecule has 0 spiro atoms. The number of esters is 2. The average Bonchev–Trinajstić information content (AvgIpc) is 2.36. The quantitative estimate of drug-likeness (QED) is 0.626. The van der Waals surface area contributed by atoms with Gasteiger partial charge in [0.15, 0.2) is 0 Å². The highest BCUT2D eigenvalue weighted by molar-refractivity contribution is 6.15. The van der Waals surface area contributed by atoms with Crippen LogP contribution in [-0.2, 0) is 14.3 Å². The molecular weight excluding hydrogens is 256 g/mol. The van der Waals surface area contributed by atoms with Gasteiger partial charge in [-0.2, -0.15) is 0 Å². The molecule has 0 saturated carbocycles. The largest absolute Gasteiger partial charge is 0.462 e. The molecule has 4 nitrogen and oxygen atoms in total. The van der Waals surface area contributed by atoms with Crippen molar-refractivity contribution in [3.8, 4) is 0 Å². The molecule has 1 aromatic carbocycles. The summed E-state index contributed by atoms with van der Waals surface area (Å²) in [5.41, 5.74) is 0.781. The van der Waals surface area contributed by atoms with Crippen LogP contribution in [0.4, 0.5) is 0 Å². The lowest BCUT2D eigenvalue weighted by Gasteiger charge is -2.19. The topological polar surface area (TPSA) is 52.6 Å². The zero-order valence-corrected chi connectivity index (χ0v) is 12.4. The number of hydrogen-bond donors (Lipinski definition) is 0. The van der Waals surface area contributed by atoms with Crippen molar-refractivity contribution in [3.05, 3.63) is 42.0 Å². The standard InChI is InChI=1S/C16H20O4/c1-6-19-14(17)11(2)12-7-9-13(10-8-12)15(18)20-16(3,4)5/h7-10H,2,6H2,1,3-5H3. The second-order valence-electron chi connectivity index (χ2n) is 5.28. The van der Waals surface area contributed by atoms with Gasteiger partial charge in [-0.15, -0.1) is 0 Å². The third kappa shape index (κ3) is 4.53. The van der Waals surface area contributed by atoms with E-state index < -0.39 is 17.5 Å². The number of carbonyl (C=O) groups is 2. The summed E-state index contributed by atoms with van der Waals surface area (Å²) < 4.78 is 10.1. The van der Waals surface area contributed by atoms with Gasteiger partial charge in [0.25, 0.3) is 0 Å². The lowest BCUT2D eigenvalue weighted by molar-refractivity contribution is -0.136. The molecule has 0 bridgehead atoms. The van der Waals surface area contributed by atoms with E-state index in [9.17, 15) is 9.59 Å². The van der Waals surface area contributed by atoms with E-state index in [0.717, 1.165) is 0 Å². The maximum absolute atomic E-state index is 11.8. The van der Waals surface area contributed by atoms with Crippen molar-refractivity contribution < 1.29 is 19.1 Å². The normalized spacial score (nSPS) is 10.8. The van der Waals surface area contributed by atoms with Crippen LogP contribution in [0.1, 0.15) is 43.6 Å². The summed E-state index contributed by atoms with van der Waals surface area (Å²) in [7, 11) is 0. The monoisotopic (exact) mass is 276 g/mol. The maximum atomic E-state index is 11.8. The Bertz CT molecular complexity index is 506. The molecule has 0 amide bonds. The lowest BCUT2D eigenvalue weighted by Crippen LogP contribution is -2.23. The van der Waals surface area contributed by atoms with Gasteiger partial charge in [0.05, 0.1) is 17.7 Å². The van der Waals surface area contributed by atoms with Gasteiger partial charge in [0.2, 0.25) is 0 Å². The number of rotatable bonds is 4. The first kappa shape index (κ1) is 16.0. The molecule has 0 atom stereocenters. The van der Waals surface area contributed by atoms with Crippen molar-refractivity contribution in [2.45, 2.75) is 33.3 Å². The molecule has 20 heavy (non-hydrogen) atoms. The van der Waals surface area contributed by atoms with Gasteiger partial charge in [-0.3, -0.25) is 0 Å². The Hall–Kier alpha value is -2.10. The summed E-state index contributed by atoms with van der Waals surface area (Å²) in [4.78, 5) is 23.4. The van der Waals surface area contributed by atoms with Crippen molar-refractivity contribution in [2.75, 3.05) is 6.61 Å². The van der Waals surface area contributed by atoms with Crippen molar-refractivity contribution in [3.63, 3.8) is 0 Å². The molecular formula is C16H20O4. The fourth-order valence-electron chi connectivity index (χ4n) is 1.48. The molecule has 0 aliphatic heterocycles. The fraction of sp³-hybridized carbons (Fsp3) is 0.375. The van der Waals surface area contributed by atoms with Crippen LogP contribution in [0.2, 0.25) is 0 Å². The zero-order chi connectivity index (χ0) is 15.3. The molecule has 0 radical (unpaired) electrons. The molecule has 4 heteroatoms. The molecule has 0 aliphatic carbocycles. The van der Waals surface area contributed by atoms with E-state index in [-0.39, 0.29) is 5.57 Å². The summed E-state index contributed by atoms with van der Waals surface area (Å²) in [5, 5.41) is 0. The Kier molecular flexibility index (Phi) is 5.08. The Labute approximate surface area is 119 Å². The Morgan fingerprint density at radius 1 is 1.10 bits per heavy atom. The van der Waals surface area contributed by atoms with Crippen LogP contribution in [0.15, 0.2) is 30.8 Å². The Morgan fingerprint density at radius 3 is 2.05 bits per heavy atom. The van der Waals surface area contributed by atoms with Crippen molar-refractivity contribution in [2.24, 2.45) is 0 Å². The predicted molar refractivity (Wildman–Crippen MR) is 77.3 cm³/mol. The molecule has 108 valence electrons. The van der Waals surface area contributed by atoms with Gasteiger partial charge >= 0.3 is 11.9 Å². The number of ether oxygens (including phenoxy) is 2. The summed E-state index contributed by atoms with van der Waals surface area (Å²) in [5.74, 6) is -0.858. The highest BCUT2D eigenvalue weighted by Crippen LogP contribution is 2.17. The van der Waals surface area contributed by atoms with Gasteiger partial charge in [-0.05, 0) is 45.4 Å². The van der Waals surface area contributed by atoms with E-state index in [4.69, 9.17) is 9.47 Å². The zero-order valence-electron chi connectivity index (χ0n) is 12.4. The van der Waals surface area contributed by atoms with E-state index in [1.807, 2.05) is 20.8 Å². The van der Waals surface area contributed by atoms with Crippen molar-refractivity contribution >= 4 is 17.5 Å². The fourth-order valence-corrected chi connectivity index (χ4v) is 1.48. The molecule has 0 aliphatic rings. The van der Waals surface area contributed by atoms with E-state index in [1.54, 1.807) is 31.2 Å². The number of hydrogen-bond acceptors (Lipinski definition) is 4. The summed E-state index contributed by atoms with van der Waals surface area (Å²) in [6.45, 7) is 11.1. The molecule has 1 rings (SSSR count). The maximum Gasteiger partial charge on any atom is 0.338 e. The smallest absolute Gasteiger partial charge is 0.338 e. The van der Waals surface area contributed by atoms with E-state index in [0.29, 0.717) is 17.7 Å². The van der Waals surface area contributed by atoms with E-state index in [2.05, 4.69) is 6.58 Å². The first-order valence-electron chi connectivity index (χ1n) is 6.44. The summed E-state index contributed by atoms with van der Waals surface area (Å²) in [6.07, 6.45) is 0. The second-order valence-corrected chi connectivity index (χ2v) is 5.28. The molecule has 0 saturated heterocycles. The van der Waals surface area contributed by atoms with Crippen LogP contribution in [-0.4, -0.2) is 24.1 Å². The summed E-state index contributed by atoms with van der Waals surface area (Å²) in [6, 6.07) is 6.51. The van der Waals surface area contributed by atoms with Gasteiger partial charge in [-0.1, -0.05) is 18.7 Å². The third-order valence-electron chi connectivity index (χ3n) is 2.39. The Balaban J connectivity index is 2.81. The first-order valence-corrected chi connectivity index (χ1v) is 6.44. The highest BCUT2D eigenvalue weighted by Gasteiger charge is 2.18. The lowest BCUT2D eigenvalue weighted by atomic mass is 10.1. The molecule has 0 fully saturated rings. The van der Waals surface area contributed by atoms with E-state index >= 15 is 0 Å². The van der Waals surface area contributed by atoms with Crippen LogP contribution < -0.4 is 0 Å². The highest BCUT2D eigenvalue weighted by atomic mass is 16.6. The van der Waals surface area contributed by atoms with Crippen LogP contribution in [0.25, 0.3) is 5.57 Å². The number of carbonyl (C=O) groups excluding carboxylic acids is 2. The van der Waals surface area contributed by atoms with Crippen LogP contribution in [0.5, 0.6) is 0 Å². The van der Waals surface area contributed by atoms with E-state index in [1.165, 1.54) is 0 Å². The molecule has 0 unspecified atom stereocenters. The minimum absolute atomic E-state index is 0.266. The first-order chi connectivity index (χ1) is 9.24. The molecule has 0 N–H and O–H groups in total. The van der Waals surface area contributed by atoms with Gasteiger partial charge < -0.3 is 9.47 Å². The molecule has 0 aromatic heterocycles. The summed E-state index contributed by atoms with van der Waals surface area (Å²) >= 11 is 0. The minimum atomic E-state index is -0.537. The Morgan fingerprint density at radius 2 is 1.60 bits per heavy atom. The second kappa shape index (κ2) is 6.37. The van der Waals surface area contributed by atoms with Gasteiger partial charge in [0, 0.05) is 0 Å². The van der Waals surface area contributed by atoms with Crippen molar-refractivity contribution in [1.82, 2.24) is 0 Å². The molecule has 0 heterocycles. The predicted octanol–water partition coefficient (Wildman–Crippen LogP) is 3.22. The average molecular weight is 276 g/mol. The van der Waals surface area contributed by atoms with Crippen molar-refractivity contribution in [1.29, 1.82) is 0 Å². The van der Waals surface area contributed by atoms with Crippen LogP contribution >= 0.6 is 0 Å². The van der Waals surface area contributed by atoms with Crippen LogP contribution in [0.3, 0.4) is 0 Å². The van der Waals surface area contributed by atoms with Crippen LogP contribution in [0, 0.1) is 0 Å². The molecule has 1 aromatic rings. The minimum Gasteiger partial charge on any atom is -0.462 e.